The summed E-state index contributed by atoms with van der Waals surface area (Å²) in [5.74, 6) is 1.32. The molecule has 3 heterocycles. The molecule has 1 aromatic carbocycles. The Morgan fingerprint density at radius 3 is 2.91 bits per heavy atom. The summed E-state index contributed by atoms with van der Waals surface area (Å²) in [5.41, 5.74) is 1.90. The summed E-state index contributed by atoms with van der Waals surface area (Å²) >= 11 is 3.16. The van der Waals surface area contributed by atoms with E-state index in [2.05, 4.69) is 0 Å². The lowest BCUT2D eigenvalue weighted by molar-refractivity contribution is 0.160. The monoisotopic (exact) mass is 471 g/mol. The lowest BCUT2D eigenvalue weighted by Crippen LogP contribution is -2.27. The first-order valence-electron chi connectivity index (χ1n) is 10.9. The number of thioether (sulfide) groups is 1. The molecular weight excluding hydrogens is 446 g/mol. The first-order chi connectivity index (χ1) is 15.7. The molecule has 1 fully saturated rings. The smallest absolute Gasteiger partial charge is 0.409 e. The first-order valence-corrected chi connectivity index (χ1v) is 12.7. The SMILES string of the molecule is COc1cccc(-n2c(SCCN3CCOC3=O)nc3sc4c(c3c2=O)CCCCC4)c1. The number of hydrogen-bond donors (Lipinski definition) is 0. The van der Waals surface area contributed by atoms with Crippen LogP contribution in [-0.4, -0.2) is 53.1 Å². The number of cyclic esters (lactones) is 1. The van der Waals surface area contributed by atoms with Crippen molar-refractivity contribution in [3.63, 3.8) is 0 Å². The number of thiophene rings is 1. The van der Waals surface area contributed by atoms with Crippen molar-refractivity contribution in [3.05, 3.63) is 45.1 Å². The Bertz CT molecular complexity index is 1220. The molecule has 1 aliphatic carbocycles. The fourth-order valence-electron chi connectivity index (χ4n) is 4.31. The van der Waals surface area contributed by atoms with E-state index in [1.165, 1.54) is 28.6 Å². The fraction of sp³-hybridized carbons (Fsp3) is 0.435. The third kappa shape index (κ3) is 3.99. The fourth-order valence-corrected chi connectivity index (χ4v) is 6.59. The molecule has 0 spiro atoms. The molecule has 0 N–H and O–H groups in total. The third-order valence-corrected chi connectivity index (χ3v) is 8.06. The highest BCUT2D eigenvalue weighted by molar-refractivity contribution is 7.99. The zero-order chi connectivity index (χ0) is 22.1. The number of carbonyl (C=O) groups excluding carboxylic acids is 1. The molecule has 0 saturated carbocycles. The van der Waals surface area contributed by atoms with Gasteiger partial charge in [0, 0.05) is 23.2 Å². The van der Waals surface area contributed by atoms with Crippen molar-refractivity contribution in [1.82, 2.24) is 14.5 Å². The molecule has 1 amide bonds. The topological polar surface area (TPSA) is 73.7 Å². The zero-order valence-electron chi connectivity index (χ0n) is 18.0. The number of ether oxygens (including phenoxy) is 2. The molecular formula is C23H25N3O4S2. The molecule has 0 unspecified atom stereocenters. The summed E-state index contributed by atoms with van der Waals surface area (Å²) in [5, 5.41) is 1.40. The van der Waals surface area contributed by atoms with Crippen molar-refractivity contribution in [1.29, 1.82) is 0 Å². The van der Waals surface area contributed by atoms with E-state index in [4.69, 9.17) is 14.5 Å². The Morgan fingerprint density at radius 1 is 1.22 bits per heavy atom. The predicted octanol–water partition coefficient (Wildman–Crippen LogP) is 4.27. The number of benzene rings is 1. The molecule has 1 saturated heterocycles. The molecule has 3 aromatic rings. The van der Waals surface area contributed by atoms with Crippen LogP contribution in [0.2, 0.25) is 0 Å². The average molecular weight is 472 g/mol. The Kier molecular flexibility index (Phi) is 6.10. The van der Waals surface area contributed by atoms with Crippen LogP contribution in [0.3, 0.4) is 0 Å². The largest absolute Gasteiger partial charge is 0.497 e. The second kappa shape index (κ2) is 9.15. The molecule has 0 atom stereocenters. The molecule has 168 valence electrons. The number of aryl methyl sites for hydroxylation is 2. The summed E-state index contributed by atoms with van der Waals surface area (Å²) in [6.07, 6.45) is 5.16. The summed E-state index contributed by atoms with van der Waals surface area (Å²) in [4.78, 5) is 34.4. The highest BCUT2D eigenvalue weighted by Crippen LogP contribution is 2.35. The van der Waals surface area contributed by atoms with Crippen LogP contribution in [-0.2, 0) is 17.6 Å². The van der Waals surface area contributed by atoms with Gasteiger partial charge in [0.25, 0.3) is 5.56 Å². The van der Waals surface area contributed by atoms with E-state index >= 15 is 0 Å². The lowest BCUT2D eigenvalue weighted by atomic mass is 10.1. The van der Waals surface area contributed by atoms with Crippen molar-refractivity contribution < 1.29 is 14.3 Å². The highest BCUT2D eigenvalue weighted by atomic mass is 32.2. The van der Waals surface area contributed by atoms with Gasteiger partial charge < -0.3 is 14.4 Å². The quantitative estimate of drug-likeness (QED) is 0.304. The maximum Gasteiger partial charge on any atom is 0.409 e. The minimum Gasteiger partial charge on any atom is -0.497 e. The molecule has 5 rings (SSSR count). The molecule has 2 aromatic heterocycles. The van der Waals surface area contributed by atoms with Crippen LogP contribution in [0.4, 0.5) is 4.79 Å². The van der Waals surface area contributed by atoms with E-state index in [0.717, 1.165) is 41.6 Å². The molecule has 32 heavy (non-hydrogen) atoms. The van der Waals surface area contributed by atoms with Gasteiger partial charge in [0.15, 0.2) is 5.16 Å². The van der Waals surface area contributed by atoms with Gasteiger partial charge in [-0.3, -0.25) is 9.36 Å². The van der Waals surface area contributed by atoms with Gasteiger partial charge in [-0.1, -0.05) is 24.2 Å². The van der Waals surface area contributed by atoms with Gasteiger partial charge in [-0.2, -0.15) is 0 Å². The van der Waals surface area contributed by atoms with Gasteiger partial charge in [0.2, 0.25) is 0 Å². The van der Waals surface area contributed by atoms with Gasteiger partial charge in [-0.15, -0.1) is 11.3 Å². The van der Waals surface area contributed by atoms with Gasteiger partial charge in [0.1, 0.15) is 17.2 Å². The van der Waals surface area contributed by atoms with Crippen molar-refractivity contribution in [2.75, 3.05) is 32.6 Å². The van der Waals surface area contributed by atoms with Crippen LogP contribution >= 0.6 is 23.1 Å². The van der Waals surface area contributed by atoms with Gasteiger partial charge in [-0.25, -0.2) is 9.78 Å². The van der Waals surface area contributed by atoms with Crippen molar-refractivity contribution >= 4 is 39.4 Å². The lowest BCUT2D eigenvalue weighted by Gasteiger charge is -2.15. The molecule has 0 bridgehead atoms. The molecule has 2 aliphatic rings. The first kappa shape index (κ1) is 21.3. The second-order valence-electron chi connectivity index (χ2n) is 7.93. The number of fused-ring (bicyclic) bond motifs is 3. The van der Waals surface area contributed by atoms with E-state index < -0.39 is 0 Å². The number of nitrogens with zero attached hydrogens (tertiary/aromatic N) is 3. The van der Waals surface area contributed by atoms with Crippen LogP contribution in [0.25, 0.3) is 15.9 Å². The maximum atomic E-state index is 13.9. The third-order valence-electron chi connectivity index (χ3n) is 5.96. The van der Waals surface area contributed by atoms with E-state index in [9.17, 15) is 9.59 Å². The van der Waals surface area contributed by atoms with Gasteiger partial charge in [-0.05, 0) is 43.4 Å². The maximum absolute atomic E-state index is 13.9. The van der Waals surface area contributed by atoms with E-state index in [1.807, 2.05) is 24.3 Å². The number of aromatic nitrogens is 2. The van der Waals surface area contributed by atoms with Crippen LogP contribution < -0.4 is 10.3 Å². The number of carbonyl (C=O) groups is 1. The summed E-state index contributed by atoms with van der Waals surface area (Å²) in [6.45, 7) is 1.59. The summed E-state index contributed by atoms with van der Waals surface area (Å²) in [7, 11) is 1.62. The minimum absolute atomic E-state index is 0.0225. The van der Waals surface area contributed by atoms with Crippen LogP contribution in [0.5, 0.6) is 5.75 Å². The molecule has 9 heteroatoms. The van der Waals surface area contributed by atoms with E-state index in [1.54, 1.807) is 27.9 Å². The summed E-state index contributed by atoms with van der Waals surface area (Å²) in [6, 6.07) is 7.52. The normalized spacial score (nSPS) is 16.2. The zero-order valence-corrected chi connectivity index (χ0v) is 19.6. The number of hydrogen-bond acceptors (Lipinski definition) is 7. The van der Waals surface area contributed by atoms with E-state index in [0.29, 0.717) is 36.4 Å². The Labute approximate surface area is 194 Å². The van der Waals surface area contributed by atoms with Gasteiger partial charge in [0.05, 0.1) is 24.7 Å². The number of methoxy groups -OCH3 is 1. The Hall–Kier alpha value is -2.52. The van der Waals surface area contributed by atoms with Crippen LogP contribution in [0.1, 0.15) is 29.7 Å². The second-order valence-corrected chi connectivity index (χ2v) is 10.1. The van der Waals surface area contributed by atoms with E-state index in [-0.39, 0.29) is 11.7 Å². The standard InChI is InChI=1S/C23H25N3O4S2/c1-29-16-7-5-6-15(14-16)26-21(27)19-17-8-3-2-4-9-18(17)32-20(19)24-22(26)31-13-11-25-10-12-30-23(25)28/h5-7,14H,2-4,8-13H2,1H3. The number of amides is 1. The van der Waals surface area contributed by atoms with Crippen molar-refractivity contribution in [2.24, 2.45) is 0 Å². The minimum atomic E-state index is -0.277. The van der Waals surface area contributed by atoms with Crippen LogP contribution in [0.15, 0.2) is 34.2 Å². The van der Waals surface area contributed by atoms with Crippen molar-refractivity contribution in [3.8, 4) is 11.4 Å². The predicted molar refractivity (Wildman–Crippen MR) is 127 cm³/mol. The Balaban J connectivity index is 1.58. The average Bonchev–Trinajstić information content (AvgIpc) is 3.28. The highest BCUT2D eigenvalue weighted by Gasteiger charge is 2.24. The van der Waals surface area contributed by atoms with Crippen molar-refractivity contribution in [2.45, 2.75) is 37.3 Å². The van der Waals surface area contributed by atoms with Crippen LogP contribution in [0, 0.1) is 0 Å². The molecule has 1 aliphatic heterocycles. The van der Waals surface area contributed by atoms with Gasteiger partial charge >= 0.3 is 6.09 Å². The molecule has 7 nitrogen and oxygen atoms in total. The Morgan fingerprint density at radius 2 is 2.09 bits per heavy atom. The summed E-state index contributed by atoms with van der Waals surface area (Å²) < 4.78 is 12.1. The number of rotatable bonds is 6. The molecule has 0 radical (unpaired) electrons.